The molecule has 1 aliphatic carbocycles. The topological polar surface area (TPSA) is 192 Å². The third-order valence-corrected chi connectivity index (χ3v) is 13.0. The summed E-state index contributed by atoms with van der Waals surface area (Å²) in [5, 5.41) is 50.3. The van der Waals surface area contributed by atoms with Gasteiger partial charge in [-0.05, 0) is 64.2 Å². The molecule has 13 heteroatoms. The molecule has 12 nitrogen and oxygen atoms in total. The number of ether oxygens (including phenoxy) is 2. The normalized spacial score (nSPS) is 22.0. The predicted octanol–water partition coefficient (Wildman–Crippen LogP) is 11.3. The molecule has 1 fully saturated rings. The molecule has 6 atom stereocenters. The third-order valence-electron chi connectivity index (χ3n) is 12.0. The first kappa shape index (κ1) is 59.8. The van der Waals surface area contributed by atoms with E-state index >= 15 is 0 Å². The van der Waals surface area contributed by atoms with Crippen molar-refractivity contribution < 1.29 is 58.3 Å². The Labute approximate surface area is 383 Å². The minimum absolute atomic E-state index is 0.0779. The Balaban J connectivity index is 2.34. The number of esters is 1. The van der Waals surface area contributed by atoms with Gasteiger partial charge in [0.15, 0.2) is 0 Å². The minimum atomic E-state index is -5.02. The van der Waals surface area contributed by atoms with Crippen molar-refractivity contribution in [1.82, 2.24) is 0 Å². The predicted molar refractivity (Wildman–Crippen MR) is 253 cm³/mol. The maximum absolute atomic E-state index is 12.8. The summed E-state index contributed by atoms with van der Waals surface area (Å²) in [5.74, 6) is -0.483. The van der Waals surface area contributed by atoms with Crippen LogP contribution in [0.15, 0.2) is 24.3 Å². The van der Waals surface area contributed by atoms with Crippen molar-refractivity contribution in [3.05, 3.63) is 24.3 Å². The second-order valence-corrected chi connectivity index (χ2v) is 19.4. The van der Waals surface area contributed by atoms with Crippen LogP contribution in [-0.4, -0.2) is 98.9 Å². The number of hydrogen-bond donors (Lipinski definition) is 6. The molecule has 0 radical (unpaired) electrons. The zero-order valence-corrected chi connectivity index (χ0v) is 40.8. The van der Waals surface area contributed by atoms with Crippen molar-refractivity contribution in [2.24, 2.45) is 0 Å². The number of allylic oxidation sites excluding steroid dienone is 4. The van der Waals surface area contributed by atoms with Crippen LogP contribution >= 0.6 is 7.82 Å². The highest BCUT2D eigenvalue weighted by Gasteiger charge is 2.51. The molecule has 6 unspecified atom stereocenters. The first-order valence-corrected chi connectivity index (χ1v) is 27.2. The lowest BCUT2D eigenvalue weighted by Gasteiger charge is -2.41. The van der Waals surface area contributed by atoms with Crippen molar-refractivity contribution in [1.29, 1.82) is 0 Å². The van der Waals surface area contributed by atoms with Crippen LogP contribution < -0.4 is 0 Å². The molecule has 0 spiro atoms. The van der Waals surface area contributed by atoms with E-state index in [2.05, 4.69) is 38.2 Å². The largest absolute Gasteiger partial charge is 0.472 e. The zero-order chi connectivity index (χ0) is 46.2. The van der Waals surface area contributed by atoms with Crippen molar-refractivity contribution in [2.45, 2.75) is 268 Å². The lowest BCUT2D eigenvalue weighted by atomic mass is 9.85. The van der Waals surface area contributed by atoms with Gasteiger partial charge in [-0.3, -0.25) is 13.8 Å². The number of unbranched alkanes of at least 4 members (excludes halogenated alkanes) is 28. The summed E-state index contributed by atoms with van der Waals surface area (Å²) in [5.41, 5.74) is 0. The molecule has 1 saturated carbocycles. The van der Waals surface area contributed by atoms with E-state index in [0.717, 1.165) is 57.8 Å². The van der Waals surface area contributed by atoms with Crippen LogP contribution in [0.5, 0.6) is 0 Å². The molecule has 0 aromatic heterocycles. The van der Waals surface area contributed by atoms with Gasteiger partial charge in [-0.1, -0.05) is 179 Å². The average Bonchev–Trinajstić information content (AvgIpc) is 3.27. The van der Waals surface area contributed by atoms with Gasteiger partial charge in [0.2, 0.25) is 0 Å². The fourth-order valence-corrected chi connectivity index (χ4v) is 8.91. The minimum Gasteiger partial charge on any atom is -0.457 e. The number of hydrogen-bond acceptors (Lipinski definition) is 11. The molecule has 0 aromatic carbocycles. The van der Waals surface area contributed by atoms with Crippen LogP contribution in [0.4, 0.5) is 0 Å². The van der Waals surface area contributed by atoms with Crippen LogP contribution in [-0.2, 0) is 27.9 Å². The molecule has 0 saturated heterocycles. The van der Waals surface area contributed by atoms with E-state index in [1.165, 1.54) is 141 Å². The van der Waals surface area contributed by atoms with Gasteiger partial charge in [-0.15, -0.1) is 0 Å². The number of aliphatic hydroxyl groups is 5. The molecule has 6 N–H and O–H groups in total. The molecule has 0 heterocycles. The zero-order valence-electron chi connectivity index (χ0n) is 39.9. The molecule has 0 aromatic rings. The maximum atomic E-state index is 12.8. The van der Waals surface area contributed by atoms with E-state index in [4.69, 9.17) is 18.5 Å². The quantitative estimate of drug-likeness (QED) is 0.0147. The van der Waals surface area contributed by atoms with E-state index in [1.807, 2.05) is 0 Å². The van der Waals surface area contributed by atoms with Crippen LogP contribution in [0.25, 0.3) is 0 Å². The average molecular weight is 919 g/mol. The fourth-order valence-electron chi connectivity index (χ4n) is 7.93. The highest BCUT2D eigenvalue weighted by atomic mass is 31.2. The SMILES string of the molecule is CCCCCCCC/C=C\CCCCCCCCCCCCOCC(COP(=O)(O)OC1C(O)C(O)C(O)C(O)C1O)OC(=O)CCCCCCC/C=C\CCCCCCCCC. The van der Waals surface area contributed by atoms with E-state index in [1.54, 1.807) is 0 Å². The molecule has 1 rings (SSSR count). The van der Waals surface area contributed by atoms with Gasteiger partial charge in [-0.25, -0.2) is 4.57 Å². The van der Waals surface area contributed by atoms with E-state index in [-0.39, 0.29) is 13.0 Å². The Kier molecular flexibility index (Phi) is 39.0. The van der Waals surface area contributed by atoms with E-state index in [9.17, 15) is 39.8 Å². The Morgan fingerprint density at radius 2 is 0.841 bits per heavy atom. The highest BCUT2D eigenvalue weighted by Crippen LogP contribution is 2.47. The van der Waals surface area contributed by atoms with Crippen LogP contribution in [0.3, 0.4) is 0 Å². The van der Waals surface area contributed by atoms with Crippen molar-refractivity contribution in [3.63, 3.8) is 0 Å². The van der Waals surface area contributed by atoms with Crippen LogP contribution in [0.1, 0.15) is 226 Å². The smallest absolute Gasteiger partial charge is 0.457 e. The molecule has 63 heavy (non-hydrogen) atoms. The van der Waals surface area contributed by atoms with Gasteiger partial charge in [-0.2, -0.15) is 0 Å². The lowest BCUT2D eigenvalue weighted by Crippen LogP contribution is -2.64. The van der Waals surface area contributed by atoms with Gasteiger partial charge in [0.25, 0.3) is 0 Å². The fraction of sp³-hybridized carbons (Fsp3) is 0.900. The number of carbonyl (C=O) groups is 1. The molecule has 0 bridgehead atoms. The number of phosphoric acid groups is 1. The van der Waals surface area contributed by atoms with Crippen molar-refractivity contribution >= 4 is 13.8 Å². The second kappa shape index (κ2) is 41.0. The maximum Gasteiger partial charge on any atom is 0.472 e. The summed E-state index contributed by atoms with van der Waals surface area (Å²) < 4.78 is 34.3. The monoisotopic (exact) mass is 919 g/mol. The summed E-state index contributed by atoms with van der Waals surface area (Å²) in [6.45, 7) is 4.27. The Morgan fingerprint density at radius 1 is 0.492 bits per heavy atom. The summed E-state index contributed by atoms with van der Waals surface area (Å²) in [7, 11) is -5.02. The summed E-state index contributed by atoms with van der Waals surface area (Å²) >= 11 is 0. The summed E-state index contributed by atoms with van der Waals surface area (Å²) in [6, 6.07) is 0. The van der Waals surface area contributed by atoms with Gasteiger partial charge < -0.3 is 39.9 Å². The van der Waals surface area contributed by atoms with Crippen LogP contribution in [0.2, 0.25) is 0 Å². The molecular weight excluding hydrogens is 824 g/mol. The molecule has 0 amide bonds. The molecular formula is C50H95O12P. The van der Waals surface area contributed by atoms with Crippen LogP contribution in [0, 0.1) is 0 Å². The van der Waals surface area contributed by atoms with Gasteiger partial charge in [0, 0.05) is 13.0 Å². The van der Waals surface area contributed by atoms with Crippen molar-refractivity contribution in [2.75, 3.05) is 19.8 Å². The molecule has 372 valence electrons. The third kappa shape index (κ3) is 33.0. The van der Waals surface area contributed by atoms with Gasteiger partial charge in [0.05, 0.1) is 13.2 Å². The first-order valence-electron chi connectivity index (χ1n) is 25.7. The summed E-state index contributed by atoms with van der Waals surface area (Å²) in [6.07, 6.45) is 35.3. The standard InChI is InChI=1S/C50H95O12P/c1-3-5-7-9-11-13-15-17-19-21-22-23-24-26-28-30-32-34-36-38-40-59-41-43(42-60-63(57,58)62-50-48(55)46(53)45(52)47(54)49(50)56)61-44(51)39-37-35-33-31-29-27-25-20-18-16-14-12-10-8-6-4-2/h17,19-20,25,43,45-50,52-56H,3-16,18,21-24,26-42H2,1-2H3,(H,57,58)/b19-17-,25-20-. The Bertz CT molecular complexity index is 1140. The number of rotatable bonds is 44. The first-order chi connectivity index (χ1) is 30.5. The molecule has 1 aliphatic rings. The Hall–Kier alpha value is -1.18. The lowest BCUT2D eigenvalue weighted by molar-refractivity contribution is -0.220. The van der Waals surface area contributed by atoms with Gasteiger partial charge >= 0.3 is 13.8 Å². The highest BCUT2D eigenvalue weighted by molar-refractivity contribution is 7.47. The summed E-state index contributed by atoms with van der Waals surface area (Å²) in [4.78, 5) is 23.2. The number of carbonyl (C=O) groups excluding carboxylic acids is 1. The molecule has 0 aliphatic heterocycles. The Morgan fingerprint density at radius 3 is 1.25 bits per heavy atom. The van der Waals surface area contributed by atoms with Gasteiger partial charge in [0.1, 0.15) is 42.7 Å². The number of phosphoric ester groups is 1. The number of aliphatic hydroxyl groups excluding tert-OH is 5. The van der Waals surface area contributed by atoms with E-state index in [0.29, 0.717) is 13.0 Å². The van der Waals surface area contributed by atoms with Crippen molar-refractivity contribution in [3.8, 4) is 0 Å². The second-order valence-electron chi connectivity index (χ2n) is 18.0. The van der Waals surface area contributed by atoms with E-state index < -0.39 is 63.1 Å².